The molecule has 0 radical (unpaired) electrons. The van der Waals surface area contributed by atoms with Gasteiger partial charge in [-0.1, -0.05) is 38.3 Å². The zero-order chi connectivity index (χ0) is 12.0. The number of anilines is 1. The lowest BCUT2D eigenvalue weighted by atomic mass is 10.1. The van der Waals surface area contributed by atoms with Crippen LogP contribution in [0.2, 0.25) is 5.02 Å². The van der Waals surface area contributed by atoms with E-state index in [4.69, 9.17) is 22.1 Å². The number of rotatable bonds is 6. The molecular formula is C13H20ClNO. The lowest BCUT2D eigenvalue weighted by molar-refractivity contribution is 0.180. The number of ether oxygens (including phenoxy) is 1. The van der Waals surface area contributed by atoms with Gasteiger partial charge in [0.15, 0.2) is 0 Å². The highest BCUT2D eigenvalue weighted by molar-refractivity contribution is 6.30. The predicted molar refractivity (Wildman–Crippen MR) is 70.1 cm³/mol. The fraction of sp³-hybridized carbons (Fsp3) is 0.538. The summed E-state index contributed by atoms with van der Waals surface area (Å²) in [4.78, 5) is 0. The third kappa shape index (κ3) is 3.93. The molecule has 0 aliphatic carbocycles. The van der Waals surface area contributed by atoms with Crippen LogP contribution in [0.1, 0.15) is 39.5 Å². The van der Waals surface area contributed by atoms with E-state index in [1.807, 2.05) is 12.1 Å². The first kappa shape index (κ1) is 13.2. The van der Waals surface area contributed by atoms with Gasteiger partial charge in [0.1, 0.15) is 5.75 Å². The van der Waals surface area contributed by atoms with Crippen LogP contribution in [0.4, 0.5) is 5.69 Å². The van der Waals surface area contributed by atoms with Crippen molar-refractivity contribution in [1.29, 1.82) is 0 Å². The van der Waals surface area contributed by atoms with Crippen molar-refractivity contribution in [3.8, 4) is 5.75 Å². The molecule has 1 aromatic carbocycles. The maximum absolute atomic E-state index is 5.90. The van der Waals surface area contributed by atoms with E-state index in [2.05, 4.69) is 13.8 Å². The molecule has 0 bridgehead atoms. The van der Waals surface area contributed by atoms with Crippen molar-refractivity contribution in [2.75, 3.05) is 5.73 Å². The molecule has 90 valence electrons. The van der Waals surface area contributed by atoms with Gasteiger partial charge in [0.05, 0.1) is 11.8 Å². The Labute approximate surface area is 103 Å². The highest BCUT2D eigenvalue weighted by Gasteiger charge is 2.10. The summed E-state index contributed by atoms with van der Waals surface area (Å²) in [6, 6.07) is 5.38. The maximum Gasteiger partial charge on any atom is 0.142 e. The molecule has 2 N–H and O–H groups in total. The Balaban J connectivity index is 2.68. The number of nitrogens with two attached hydrogens (primary N) is 1. The summed E-state index contributed by atoms with van der Waals surface area (Å²) >= 11 is 5.84. The van der Waals surface area contributed by atoms with E-state index in [1.54, 1.807) is 6.07 Å². The smallest absolute Gasteiger partial charge is 0.142 e. The number of nitrogen functional groups attached to an aromatic ring is 1. The molecule has 0 saturated heterocycles. The summed E-state index contributed by atoms with van der Waals surface area (Å²) in [5, 5.41) is 0.646. The lowest BCUT2D eigenvalue weighted by Gasteiger charge is -2.19. The molecule has 16 heavy (non-hydrogen) atoms. The van der Waals surface area contributed by atoms with Crippen LogP contribution in [0.25, 0.3) is 0 Å². The van der Waals surface area contributed by atoms with E-state index in [0.717, 1.165) is 31.4 Å². The molecule has 0 unspecified atom stereocenters. The summed E-state index contributed by atoms with van der Waals surface area (Å²) in [5.41, 5.74) is 6.47. The van der Waals surface area contributed by atoms with Crippen molar-refractivity contribution in [2.45, 2.75) is 45.6 Å². The van der Waals surface area contributed by atoms with E-state index >= 15 is 0 Å². The molecule has 0 aliphatic rings. The minimum Gasteiger partial charge on any atom is -0.488 e. The van der Waals surface area contributed by atoms with E-state index in [0.29, 0.717) is 10.7 Å². The number of hydrogen-bond donors (Lipinski definition) is 1. The molecule has 0 aromatic heterocycles. The van der Waals surface area contributed by atoms with E-state index in [-0.39, 0.29) is 6.10 Å². The fourth-order valence-electron chi connectivity index (χ4n) is 1.71. The largest absolute Gasteiger partial charge is 0.488 e. The third-order valence-electron chi connectivity index (χ3n) is 2.49. The quantitative estimate of drug-likeness (QED) is 0.755. The monoisotopic (exact) mass is 241 g/mol. The molecule has 0 fully saturated rings. The summed E-state index contributed by atoms with van der Waals surface area (Å²) < 4.78 is 5.90. The van der Waals surface area contributed by atoms with Gasteiger partial charge >= 0.3 is 0 Å². The molecule has 2 nitrogen and oxygen atoms in total. The van der Waals surface area contributed by atoms with Gasteiger partial charge in [-0.25, -0.2) is 0 Å². The topological polar surface area (TPSA) is 35.2 Å². The Morgan fingerprint density at radius 3 is 2.38 bits per heavy atom. The molecule has 3 heteroatoms. The second-order valence-electron chi connectivity index (χ2n) is 4.00. The van der Waals surface area contributed by atoms with Gasteiger partial charge in [-0.3, -0.25) is 0 Å². The van der Waals surface area contributed by atoms with Crippen molar-refractivity contribution in [3.63, 3.8) is 0 Å². The predicted octanol–water partition coefficient (Wildman–Crippen LogP) is 4.27. The van der Waals surface area contributed by atoms with Gasteiger partial charge in [-0.2, -0.15) is 0 Å². The van der Waals surface area contributed by atoms with Crippen molar-refractivity contribution in [2.24, 2.45) is 0 Å². The lowest BCUT2D eigenvalue weighted by Crippen LogP contribution is -2.16. The zero-order valence-corrected chi connectivity index (χ0v) is 10.8. The number of hydrogen-bond acceptors (Lipinski definition) is 2. The third-order valence-corrected chi connectivity index (χ3v) is 2.72. The highest BCUT2D eigenvalue weighted by atomic mass is 35.5. The molecule has 0 aliphatic heterocycles. The Morgan fingerprint density at radius 1 is 1.25 bits per heavy atom. The Bertz CT molecular complexity index is 322. The highest BCUT2D eigenvalue weighted by Crippen LogP contribution is 2.27. The van der Waals surface area contributed by atoms with Crippen molar-refractivity contribution >= 4 is 17.3 Å². The van der Waals surface area contributed by atoms with Crippen LogP contribution >= 0.6 is 11.6 Å². The van der Waals surface area contributed by atoms with Crippen molar-refractivity contribution in [3.05, 3.63) is 23.2 Å². The molecule has 0 atom stereocenters. The van der Waals surface area contributed by atoms with E-state index in [1.165, 1.54) is 0 Å². The second-order valence-corrected chi connectivity index (χ2v) is 4.44. The maximum atomic E-state index is 5.90. The van der Waals surface area contributed by atoms with Crippen LogP contribution in [-0.2, 0) is 0 Å². The van der Waals surface area contributed by atoms with Gasteiger partial charge in [0.25, 0.3) is 0 Å². The Morgan fingerprint density at radius 2 is 1.88 bits per heavy atom. The van der Waals surface area contributed by atoms with E-state index < -0.39 is 0 Å². The first-order valence-corrected chi connectivity index (χ1v) is 6.26. The molecule has 0 spiro atoms. The van der Waals surface area contributed by atoms with Gasteiger partial charge in [-0.05, 0) is 31.0 Å². The Hall–Kier alpha value is -0.890. The SMILES string of the molecule is CCCC(CCC)Oc1ccc(Cl)cc1N. The number of benzene rings is 1. The van der Waals surface area contributed by atoms with Gasteiger partial charge in [-0.15, -0.1) is 0 Å². The van der Waals surface area contributed by atoms with Gasteiger partial charge < -0.3 is 10.5 Å². The molecule has 1 rings (SSSR count). The van der Waals surface area contributed by atoms with Crippen LogP contribution in [0, 0.1) is 0 Å². The standard InChI is InChI=1S/C13H20ClNO/c1-3-5-11(6-4-2)16-13-8-7-10(14)9-12(13)15/h7-9,11H,3-6,15H2,1-2H3. The van der Waals surface area contributed by atoms with Crippen LogP contribution in [0.15, 0.2) is 18.2 Å². The second kappa shape index (κ2) is 6.64. The van der Waals surface area contributed by atoms with E-state index in [9.17, 15) is 0 Å². The average molecular weight is 242 g/mol. The first-order valence-electron chi connectivity index (χ1n) is 5.89. The first-order chi connectivity index (χ1) is 7.67. The van der Waals surface area contributed by atoms with Crippen molar-refractivity contribution < 1.29 is 4.74 Å². The molecule has 0 heterocycles. The normalized spacial score (nSPS) is 10.8. The van der Waals surface area contributed by atoms with Crippen LogP contribution < -0.4 is 10.5 Å². The fourth-order valence-corrected chi connectivity index (χ4v) is 1.89. The molecule has 0 saturated carbocycles. The minimum atomic E-state index is 0.262. The number of halogens is 1. The average Bonchev–Trinajstić information content (AvgIpc) is 2.23. The molecule has 0 amide bonds. The summed E-state index contributed by atoms with van der Waals surface area (Å²) in [6.45, 7) is 4.33. The molecule has 1 aromatic rings. The van der Waals surface area contributed by atoms with Crippen LogP contribution in [0.3, 0.4) is 0 Å². The summed E-state index contributed by atoms with van der Waals surface area (Å²) in [7, 11) is 0. The zero-order valence-electron chi connectivity index (χ0n) is 10.0. The summed E-state index contributed by atoms with van der Waals surface area (Å²) in [5.74, 6) is 0.747. The van der Waals surface area contributed by atoms with Crippen LogP contribution in [0.5, 0.6) is 5.75 Å². The summed E-state index contributed by atoms with van der Waals surface area (Å²) in [6.07, 6.45) is 4.64. The Kier molecular flexibility index (Phi) is 5.47. The van der Waals surface area contributed by atoms with Crippen LogP contribution in [-0.4, -0.2) is 6.10 Å². The van der Waals surface area contributed by atoms with Gasteiger partial charge in [0.2, 0.25) is 0 Å². The van der Waals surface area contributed by atoms with Gasteiger partial charge in [0, 0.05) is 5.02 Å². The van der Waals surface area contributed by atoms with Crippen molar-refractivity contribution in [1.82, 2.24) is 0 Å². The molecular weight excluding hydrogens is 222 g/mol. The minimum absolute atomic E-state index is 0.262.